The van der Waals surface area contributed by atoms with E-state index in [-0.39, 0.29) is 10.8 Å². The highest BCUT2D eigenvalue weighted by Gasteiger charge is 2.66. The summed E-state index contributed by atoms with van der Waals surface area (Å²) < 4.78 is 0. The molecule has 4 N–H and O–H groups in total. The zero-order chi connectivity index (χ0) is 23.1. The Morgan fingerprint density at radius 3 is 2.55 bits per heavy atom. The first-order chi connectivity index (χ1) is 14.3. The second-order valence-corrected chi connectivity index (χ2v) is 11.6. The molecule has 3 saturated carbocycles. The van der Waals surface area contributed by atoms with Crippen molar-refractivity contribution in [2.45, 2.75) is 115 Å². The van der Waals surface area contributed by atoms with E-state index in [1.165, 1.54) is 0 Å². The molecule has 3 aliphatic rings. The highest BCUT2D eigenvalue weighted by Crippen LogP contribution is 2.68. The van der Waals surface area contributed by atoms with Crippen LogP contribution >= 0.6 is 0 Å². The van der Waals surface area contributed by atoms with E-state index in [1.54, 1.807) is 6.08 Å². The molecular weight excluding hydrogens is 388 g/mol. The number of aliphatic hydroxyl groups excluding tert-OH is 2. The Bertz CT molecular complexity index is 732. The summed E-state index contributed by atoms with van der Waals surface area (Å²) in [5, 5.41) is 43.3. The van der Waals surface area contributed by atoms with Crippen LogP contribution in [-0.4, -0.2) is 43.8 Å². The Labute approximate surface area is 188 Å². The molecule has 176 valence electrons. The lowest BCUT2D eigenvalue weighted by atomic mass is 9.49. The first kappa shape index (κ1) is 24.7. The average molecular weight is 433 g/mol. The normalized spacial score (nSPS) is 41.7. The van der Waals surface area contributed by atoms with Gasteiger partial charge < -0.3 is 20.4 Å². The van der Waals surface area contributed by atoms with Gasteiger partial charge in [0.15, 0.2) is 0 Å². The van der Waals surface area contributed by atoms with Gasteiger partial charge in [0.05, 0.1) is 17.3 Å². The molecule has 3 rings (SSSR count). The molecule has 0 aromatic heterocycles. The Hall–Kier alpha value is -0.940. The van der Waals surface area contributed by atoms with Gasteiger partial charge in [0.1, 0.15) is 6.10 Å². The molecule has 0 radical (unpaired) electrons. The van der Waals surface area contributed by atoms with E-state index in [9.17, 15) is 20.4 Å². The molecule has 3 fully saturated rings. The quantitative estimate of drug-likeness (QED) is 0.454. The molecule has 0 amide bonds. The fourth-order valence-corrected chi connectivity index (χ4v) is 6.71. The van der Waals surface area contributed by atoms with Gasteiger partial charge in [-0.05, 0) is 101 Å². The summed E-state index contributed by atoms with van der Waals surface area (Å²) in [6, 6.07) is 0. The second kappa shape index (κ2) is 8.78. The third-order valence-corrected chi connectivity index (χ3v) is 9.11. The number of hydrogen-bond donors (Lipinski definition) is 4. The van der Waals surface area contributed by atoms with Crippen LogP contribution < -0.4 is 0 Å². The van der Waals surface area contributed by atoms with Gasteiger partial charge in [0.25, 0.3) is 0 Å². The topological polar surface area (TPSA) is 80.9 Å². The van der Waals surface area contributed by atoms with Crippen molar-refractivity contribution < 1.29 is 20.4 Å². The minimum absolute atomic E-state index is 0.0539. The second-order valence-electron chi connectivity index (χ2n) is 11.6. The fourth-order valence-electron chi connectivity index (χ4n) is 6.71. The van der Waals surface area contributed by atoms with Crippen molar-refractivity contribution >= 4 is 0 Å². The van der Waals surface area contributed by atoms with E-state index in [2.05, 4.69) is 32.6 Å². The van der Waals surface area contributed by atoms with E-state index in [1.807, 2.05) is 13.8 Å². The maximum Gasteiger partial charge on any atom is 0.102 e. The molecule has 4 heteroatoms. The summed E-state index contributed by atoms with van der Waals surface area (Å²) in [5.41, 5.74) is -0.428. The number of rotatable bonds is 6. The molecular formula is C27H44O4. The summed E-state index contributed by atoms with van der Waals surface area (Å²) in [6.07, 6.45) is 12.8. The Morgan fingerprint density at radius 2 is 1.87 bits per heavy atom. The van der Waals surface area contributed by atoms with Gasteiger partial charge in [-0.2, -0.15) is 0 Å². The van der Waals surface area contributed by atoms with Crippen LogP contribution in [0.15, 0.2) is 36.0 Å². The minimum atomic E-state index is -1.18. The van der Waals surface area contributed by atoms with Gasteiger partial charge >= 0.3 is 0 Å². The largest absolute Gasteiger partial charge is 0.393 e. The first-order valence-electron chi connectivity index (χ1n) is 12.2. The zero-order valence-electron chi connectivity index (χ0n) is 20.0. The summed E-state index contributed by atoms with van der Waals surface area (Å²) in [6.45, 7) is 12.3. The smallest absolute Gasteiger partial charge is 0.102 e. The molecule has 2 unspecified atom stereocenters. The van der Waals surface area contributed by atoms with Crippen molar-refractivity contribution in [2.24, 2.45) is 16.7 Å². The van der Waals surface area contributed by atoms with Crippen molar-refractivity contribution in [3.63, 3.8) is 0 Å². The number of hydrogen-bond acceptors (Lipinski definition) is 4. The van der Waals surface area contributed by atoms with Crippen LogP contribution in [-0.2, 0) is 0 Å². The Morgan fingerprint density at radius 1 is 1.16 bits per heavy atom. The van der Waals surface area contributed by atoms with Crippen molar-refractivity contribution in [1.82, 2.24) is 0 Å². The van der Waals surface area contributed by atoms with Gasteiger partial charge in [-0.1, -0.05) is 38.2 Å². The molecule has 0 aromatic carbocycles. The van der Waals surface area contributed by atoms with Crippen LogP contribution in [0, 0.1) is 16.7 Å². The van der Waals surface area contributed by atoms with E-state index < -0.39 is 23.4 Å². The van der Waals surface area contributed by atoms with Crippen molar-refractivity contribution in [3.8, 4) is 0 Å². The minimum Gasteiger partial charge on any atom is -0.393 e. The fraction of sp³-hybridized carbons (Fsp3) is 0.778. The first-order valence-corrected chi connectivity index (χ1v) is 12.2. The van der Waals surface area contributed by atoms with Gasteiger partial charge in [-0.15, -0.1) is 0 Å². The zero-order valence-corrected chi connectivity index (χ0v) is 20.0. The molecule has 4 nitrogen and oxygen atoms in total. The lowest BCUT2D eigenvalue weighted by Crippen LogP contribution is -2.62. The summed E-state index contributed by atoms with van der Waals surface area (Å²) >= 11 is 0. The Balaban J connectivity index is 1.81. The predicted octanol–water partition coefficient (Wildman–Crippen LogP) is 4.82. The molecule has 0 aromatic rings. The molecule has 0 bridgehead atoms. The van der Waals surface area contributed by atoms with Crippen LogP contribution in [0.1, 0.15) is 91.9 Å². The van der Waals surface area contributed by atoms with E-state index in [4.69, 9.17) is 0 Å². The monoisotopic (exact) mass is 432 g/mol. The molecule has 3 aliphatic carbocycles. The van der Waals surface area contributed by atoms with Crippen LogP contribution in [0.4, 0.5) is 0 Å². The Kier molecular flexibility index (Phi) is 6.99. The molecule has 31 heavy (non-hydrogen) atoms. The van der Waals surface area contributed by atoms with E-state index >= 15 is 0 Å². The van der Waals surface area contributed by atoms with E-state index in [0.717, 1.165) is 56.1 Å². The van der Waals surface area contributed by atoms with Crippen molar-refractivity contribution in [1.29, 1.82) is 0 Å². The van der Waals surface area contributed by atoms with Gasteiger partial charge in [-0.3, -0.25) is 0 Å². The molecule has 0 aliphatic heterocycles. The van der Waals surface area contributed by atoms with Crippen molar-refractivity contribution in [2.75, 3.05) is 0 Å². The highest BCUT2D eigenvalue weighted by atomic mass is 16.3. The number of allylic oxidation sites excluding steroid dienone is 2. The molecule has 6 atom stereocenters. The van der Waals surface area contributed by atoms with E-state index in [0.29, 0.717) is 25.2 Å². The van der Waals surface area contributed by atoms with Crippen LogP contribution in [0.3, 0.4) is 0 Å². The lowest BCUT2D eigenvalue weighted by Gasteiger charge is -2.58. The van der Waals surface area contributed by atoms with Gasteiger partial charge in [-0.25, -0.2) is 0 Å². The summed E-state index contributed by atoms with van der Waals surface area (Å²) in [4.78, 5) is 0. The lowest BCUT2D eigenvalue weighted by molar-refractivity contribution is -0.206. The maximum atomic E-state index is 12.0. The predicted molar refractivity (Wildman–Crippen MR) is 125 cm³/mol. The molecule has 0 heterocycles. The standard InChI is InChI=1S/C27H44O4/c1-19-10-11-22(28)17-20(19)18-23(29)27(31)15-8-14-25(4)21(12-16-26(25,27)5)9-6-7-13-24(2,3)30/h6-7,18,21-23,28-31H,1,8-17H2,2-5H3/b7-6+,20-18-/t21-,22-,23?,25+,26+,27?/m0/s1. The van der Waals surface area contributed by atoms with Crippen LogP contribution in [0.2, 0.25) is 0 Å². The average Bonchev–Trinajstić information content (AvgIpc) is 2.94. The molecule has 0 saturated heterocycles. The third-order valence-electron chi connectivity index (χ3n) is 9.11. The maximum absolute atomic E-state index is 12.0. The number of fused-ring (bicyclic) bond motifs is 1. The third kappa shape index (κ3) is 4.59. The van der Waals surface area contributed by atoms with Crippen LogP contribution in [0.5, 0.6) is 0 Å². The van der Waals surface area contributed by atoms with Gasteiger partial charge in [0, 0.05) is 5.41 Å². The molecule has 0 spiro atoms. The van der Waals surface area contributed by atoms with Crippen molar-refractivity contribution in [3.05, 3.63) is 36.0 Å². The van der Waals surface area contributed by atoms with Gasteiger partial charge in [0.2, 0.25) is 0 Å². The summed E-state index contributed by atoms with van der Waals surface area (Å²) in [5.74, 6) is 0.453. The highest BCUT2D eigenvalue weighted by molar-refractivity contribution is 5.34. The number of aliphatic hydroxyl groups is 4. The SMILES string of the molecule is C=C1CC[C@H](O)C/C1=C/C(O)C1(O)CCC[C@]2(C)[C@@H](C/C=C/CC(C)(C)O)CC[C@@]12C. The van der Waals surface area contributed by atoms with Crippen LogP contribution in [0.25, 0.3) is 0 Å². The summed E-state index contributed by atoms with van der Waals surface area (Å²) in [7, 11) is 0.